The molecule has 0 aliphatic carbocycles. The van der Waals surface area contributed by atoms with Crippen LogP contribution in [0.2, 0.25) is 0 Å². The number of nitrogens with one attached hydrogen (secondary N) is 1. The molecule has 0 aromatic carbocycles. The topological polar surface area (TPSA) is 12.0 Å². The number of unbranched alkanes of at least 4 members (excludes halogenated alkanes) is 2. The molecule has 1 heteroatoms. The Morgan fingerprint density at radius 2 is 1.64 bits per heavy atom. The molecule has 1 N–H and O–H groups in total. The van der Waals surface area contributed by atoms with E-state index in [0.717, 1.165) is 18.5 Å². The third-order valence-electron chi connectivity index (χ3n) is 3.02. The lowest BCUT2D eigenvalue weighted by molar-refractivity contribution is 0.333. The van der Waals surface area contributed by atoms with Gasteiger partial charge in [0, 0.05) is 6.04 Å². The third kappa shape index (κ3) is 6.42. The van der Waals surface area contributed by atoms with E-state index >= 15 is 0 Å². The van der Waals surface area contributed by atoms with Gasteiger partial charge in [-0.1, -0.05) is 53.4 Å². The predicted molar refractivity (Wildman–Crippen MR) is 65.7 cm³/mol. The van der Waals surface area contributed by atoms with Crippen LogP contribution in [-0.2, 0) is 0 Å². The van der Waals surface area contributed by atoms with E-state index in [-0.39, 0.29) is 0 Å². The second-order valence-electron chi connectivity index (χ2n) is 4.43. The molecule has 14 heavy (non-hydrogen) atoms. The molecule has 0 aromatic rings. The first-order valence-corrected chi connectivity index (χ1v) is 6.49. The first-order valence-electron chi connectivity index (χ1n) is 6.49. The molecule has 0 saturated carbocycles. The summed E-state index contributed by atoms with van der Waals surface area (Å²) in [7, 11) is 0. The summed E-state index contributed by atoms with van der Waals surface area (Å²) in [5, 5.41) is 3.63. The van der Waals surface area contributed by atoms with Gasteiger partial charge in [-0.05, 0) is 25.3 Å². The van der Waals surface area contributed by atoms with Crippen LogP contribution in [0.1, 0.15) is 66.2 Å². The molecule has 0 radical (unpaired) electrons. The highest BCUT2D eigenvalue weighted by molar-refractivity contribution is 4.72. The molecule has 0 heterocycles. The molecule has 0 saturated heterocycles. The zero-order valence-corrected chi connectivity index (χ0v) is 10.6. The Bertz CT molecular complexity index is 112. The highest BCUT2D eigenvalue weighted by Crippen LogP contribution is 2.16. The molecule has 2 atom stereocenters. The summed E-state index contributed by atoms with van der Waals surface area (Å²) in [6.45, 7) is 10.3. The molecule has 0 spiro atoms. The van der Waals surface area contributed by atoms with Crippen molar-refractivity contribution in [3.05, 3.63) is 0 Å². The third-order valence-corrected chi connectivity index (χ3v) is 3.02. The fraction of sp³-hybridized carbons (Fsp3) is 1.00. The quantitative estimate of drug-likeness (QED) is 0.554. The van der Waals surface area contributed by atoms with Gasteiger partial charge in [0.05, 0.1) is 0 Å². The van der Waals surface area contributed by atoms with Crippen molar-refractivity contribution in [2.45, 2.75) is 72.3 Å². The minimum atomic E-state index is 0.756. The Morgan fingerprint density at radius 1 is 0.929 bits per heavy atom. The number of hydrogen-bond acceptors (Lipinski definition) is 1. The van der Waals surface area contributed by atoms with Crippen LogP contribution in [0.5, 0.6) is 0 Å². The van der Waals surface area contributed by atoms with E-state index in [2.05, 4.69) is 33.0 Å². The van der Waals surface area contributed by atoms with Gasteiger partial charge in [-0.25, -0.2) is 0 Å². The Morgan fingerprint density at radius 3 is 2.14 bits per heavy atom. The Kier molecular flexibility index (Phi) is 9.49. The average Bonchev–Trinajstić information content (AvgIpc) is 2.17. The summed E-state index contributed by atoms with van der Waals surface area (Å²) < 4.78 is 0. The maximum absolute atomic E-state index is 3.63. The van der Waals surface area contributed by atoms with Gasteiger partial charge in [-0.3, -0.25) is 0 Å². The van der Waals surface area contributed by atoms with E-state index in [1.807, 2.05) is 0 Å². The van der Waals surface area contributed by atoms with Gasteiger partial charge in [-0.2, -0.15) is 0 Å². The number of hydrogen-bond donors (Lipinski definition) is 1. The van der Waals surface area contributed by atoms with Crippen LogP contribution in [-0.4, -0.2) is 12.6 Å². The lowest BCUT2D eigenvalue weighted by Gasteiger charge is -2.24. The molecule has 0 aliphatic heterocycles. The lowest BCUT2D eigenvalue weighted by atomic mass is 9.92. The van der Waals surface area contributed by atoms with Crippen LogP contribution < -0.4 is 5.32 Å². The first-order chi connectivity index (χ1) is 6.76. The van der Waals surface area contributed by atoms with Gasteiger partial charge in [-0.15, -0.1) is 0 Å². The van der Waals surface area contributed by atoms with E-state index in [1.54, 1.807) is 0 Å². The SMILES string of the molecule is CCCCCC(NCC)C(C)CCC. The normalized spacial score (nSPS) is 15.4. The highest BCUT2D eigenvalue weighted by atomic mass is 14.9. The highest BCUT2D eigenvalue weighted by Gasteiger charge is 2.14. The van der Waals surface area contributed by atoms with Crippen molar-refractivity contribution in [1.29, 1.82) is 0 Å². The summed E-state index contributed by atoms with van der Waals surface area (Å²) in [4.78, 5) is 0. The zero-order valence-electron chi connectivity index (χ0n) is 10.6. The summed E-state index contributed by atoms with van der Waals surface area (Å²) in [5.41, 5.74) is 0. The van der Waals surface area contributed by atoms with Crippen molar-refractivity contribution >= 4 is 0 Å². The van der Waals surface area contributed by atoms with Crippen molar-refractivity contribution in [3.63, 3.8) is 0 Å². The van der Waals surface area contributed by atoms with E-state index in [1.165, 1.54) is 38.5 Å². The standard InChI is InChI=1S/C13H29N/c1-5-8-9-11-13(14-7-3)12(4)10-6-2/h12-14H,5-11H2,1-4H3. The van der Waals surface area contributed by atoms with Crippen LogP contribution in [0.25, 0.3) is 0 Å². The Hall–Kier alpha value is -0.0400. The minimum absolute atomic E-state index is 0.756. The summed E-state index contributed by atoms with van der Waals surface area (Å²) in [5.74, 6) is 0.844. The molecule has 0 bridgehead atoms. The van der Waals surface area contributed by atoms with Gasteiger partial charge < -0.3 is 5.32 Å². The van der Waals surface area contributed by atoms with Crippen LogP contribution in [0.4, 0.5) is 0 Å². The van der Waals surface area contributed by atoms with Gasteiger partial charge in [0.2, 0.25) is 0 Å². The van der Waals surface area contributed by atoms with Crippen LogP contribution >= 0.6 is 0 Å². The Labute approximate surface area is 90.7 Å². The van der Waals surface area contributed by atoms with Crippen LogP contribution in [0, 0.1) is 5.92 Å². The van der Waals surface area contributed by atoms with E-state index < -0.39 is 0 Å². The van der Waals surface area contributed by atoms with Crippen molar-refractivity contribution in [2.24, 2.45) is 5.92 Å². The monoisotopic (exact) mass is 199 g/mol. The van der Waals surface area contributed by atoms with Gasteiger partial charge >= 0.3 is 0 Å². The first kappa shape index (κ1) is 14.0. The summed E-state index contributed by atoms with van der Waals surface area (Å²) >= 11 is 0. The molecule has 1 nitrogen and oxygen atoms in total. The van der Waals surface area contributed by atoms with Gasteiger partial charge in [0.25, 0.3) is 0 Å². The van der Waals surface area contributed by atoms with Gasteiger partial charge in [0.1, 0.15) is 0 Å². The van der Waals surface area contributed by atoms with E-state index in [9.17, 15) is 0 Å². The smallest absolute Gasteiger partial charge is 0.00925 e. The maximum atomic E-state index is 3.63. The molecule has 0 aliphatic rings. The fourth-order valence-electron chi connectivity index (χ4n) is 2.12. The van der Waals surface area contributed by atoms with Crippen LogP contribution in [0.3, 0.4) is 0 Å². The maximum Gasteiger partial charge on any atom is 0.00925 e. The molecular weight excluding hydrogens is 170 g/mol. The van der Waals surface area contributed by atoms with Crippen molar-refractivity contribution in [1.82, 2.24) is 5.32 Å². The second kappa shape index (κ2) is 9.51. The number of rotatable bonds is 9. The molecule has 0 amide bonds. The molecular formula is C13H29N. The zero-order chi connectivity index (χ0) is 10.8. The fourth-order valence-corrected chi connectivity index (χ4v) is 2.12. The van der Waals surface area contributed by atoms with Crippen molar-refractivity contribution in [3.8, 4) is 0 Å². The molecule has 0 aromatic heterocycles. The van der Waals surface area contributed by atoms with E-state index in [4.69, 9.17) is 0 Å². The summed E-state index contributed by atoms with van der Waals surface area (Å²) in [6, 6.07) is 0.756. The van der Waals surface area contributed by atoms with Crippen LogP contribution in [0.15, 0.2) is 0 Å². The Balaban J connectivity index is 3.74. The largest absolute Gasteiger partial charge is 0.314 e. The minimum Gasteiger partial charge on any atom is -0.314 e. The second-order valence-corrected chi connectivity index (χ2v) is 4.43. The molecule has 0 rings (SSSR count). The average molecular weight is 199 g/mol. The molecule has 0 fully saturated rings. The molecule has 86 valence electrons. The van der Waals surface area contributed by atoms with Crippen molar-refractivity contribution in [2.75, 3.05) is 6.54 Å². The van der Waals surface area contributed by atoms with Gasteiger partial charge in [0.15, 0.2) is 0 Å². The summed E-state index contributed by atoms with van der Waals surface area (Å²) in [6.07, 6.45) is 8.16. The lowest BCUT2D eigenvalue weighted by Crippen LogP contribution is -2.34. The predicted octanol–water partition coefficient (Wildman–Crippen LogP) is 3.98. The molecule has 2 unspecified atom stereocenters. The van der Waals surface area contributed by atoms with E-state index in [0.29, 0.717) is 0 Å². The van der Waals surface area contributed by atoms with Crippen molar-refractivity contribution < 1.29 is 0 Å².